The van der Waals surface area contributed by atoms with Crippen molar-refractivity contribution < 1.29 is 4.79 Å². The van der Waals surface area contributed by atoms with Gasteiger partial charge in [0, 0.05) is 12.1 Å². The highest BCUT2D eigenvalue weighted by Gasteiger charge is 2.33. The minimum atomic E-state index is -0.265. The Bertz CT molecular complexity index is 755. The number of nitrogens with zero attached hydrogens (tertiary/aromatic N) is 4. The van der Waals surface area contributed by atoms with Gasteiger partial charge in [-0.15, -0.1) is 5.10 Å². The van der Waals surface area contributed by atoms with E-state index in [0.29, 0.717) is 10.9 Å². The van der Waals surface area contributed by atoms with Gasteiger partial charge in [-0.2, -0.15) is 0 Å². The smallest absolute Gasteiger partial charge is 0.278 e. The Morgan fingerprint density at radius 2 is 2.09 bits per heavy atom. The lowest BCUT2D eigenvalue weighted by atomic mass is 10.1. The van der Waals surface area contributed by atoms with E-state index in [0.717, 1.165) is 19.3 Å². The van der Waals surface area contributed by atoms with E-state index in [-0.39, 0.29) is 30.1 Å². The molecule has 116 valence electrons. The van der Waals surface area contributed by atoms with Crippen molar-refractivity contribution in [1.82, 2.24) is 19.9 Å². The van der Waals surface area contributed by atoms with E-state index in [2.05, 4.69) is 24.2 Å². The Kier molecular flexibility index (Phi) is 3.92. The molecule has 2 atom stereocenters. The van der Waals surface area contributed by atoms with Gasteiger partial charge in [0.05, 0.1) is 5.39 Å². The predicted molar refractivity (Wildman–Crippen MR) is 83.4 cm³/mol. The van der Waals surface area contributed by atoms with Gasteiger partial charge < -0.3 is 4.90 Å². The summed E-state index contributed by atoms with van der Waals surface area (Å²) in [5.41, 5.74) is 0.288. The number of hydrogen-bond donors (Lipinski definition) is 0. The van der Waals surface area contributed by atoms with Crippen LogP contribution in [0.5, 0.6) is 0 Å². The molecule has 0 saturated carbocycles. The number of aromatic nitrogens is 3. The molecule has 1 aliphatic heterocycles. The van der Waals surface area contributed by atoms with Crippen molar-refractivity contribution in [3.8, 4) is 0 Å². The third kappa shape index (κ3) is 2.49. The minimum absolute atomic E-state index is 0.0441. The van der Waals surface area contributed by atoms with Gasteiger partial charge in [0.1, 0.15) is 12.1 Å². The monoisotopic (exact) mass is 300 g/mol. The first-order valence-electron chi connectivity index (χ1n) is 7.75. The van der Waals surface area contributed by atoms with Crippen LogP contribution < -0.4 is 5.56 Å². The summed E-state index contributed by atoms with van der Waals surface area (Å²) in [6.07, 6.45) is 2.98. The highest BCUT2D eigenvalue weighted by Crippen LogP contribution is 2.26. The van der Waals surface area contributed by atoms with Crippen molar-refractivity contribution in [2.24, 2.45) is 0 Å². The summed E-state index contributed by atoms with van der Waals surface area (Å²) in [4.78, 5) is 26.9. The molecule has 0 unspecified atom stereocenters. The summed E-state index contributed by atoms with van der Waals surface area (Å²) >= 11 is 0. The highest BCUT2D eigenvalue weighted by molar-refractivity contribution is 5.79. The van der Waals surface area contributed by atoms with Crippen LogP contribution in [0.2, 0.25) is 0 Å². The lowest BCUT2D eigenvalue weighted by Crippen LogP contribution is -2.43. The number of likely N-dealkylation sites (tertiary alicyclic amines) is 1. The fourth-order valence-electron chi connectivity index (χ4n) is 3.26. The van der Waals surface area contributed by atoms with Crippen LogP contribution in [-0.4, -0.2) is 37.9 Å². The van der Waals surface area contributed by atoms with Gasteiger partial charge in [0.2, 0.25) is 5.91 Å². The summed E-state index contributed by atoms with van der Waals surface area (Å²) in [5.74, 6) is -0.0523. The summed E-state index contributed by atoms with van der Waals surface area (Å²) in [7, 11) is 0. The fourth-order valence-corrected chi connectivity index (χ4v) is 3.26. The fraction of sp³-hybridized carbons (Fsp3) is 0.500. The van der Waals surface area contributed by atoms with Gasteiger partial charge >= 0.3 is 0 Å². The van der Waals surface area contributed by atoms with Crippen LogP contribution in [0.4, 0.5) is 0 Å². The number of rotatable bonds is 3. The molecule has 0 N–H and O–H groups in total. The molecule has 1 aliphatic rings. The van der Waals surface area contributed by atoms with Crippen molar-refractivity contribution in [1.29, 1.82) is 0 Å². The van der Waals surface area contributed by atoms with Crippen molar-refractivity contribution in [3.63, 3.8) is 0 Å². The first-order valence-corrected chi connectivity index (χ1v) is 7.75. The molecule has 0 aliphatic carbocycles. The average Bonchev–Trinajstić information content (AvgIpc) is 2.91. The Balaban J connectivity index is 1.88. The van der Waals surface area contributed by atoms with Gasteiger partial charge in [0.15, 0.2) is 0 Å². The van der Waals surface area contributed by atoms with Crippen molar-refractivity contribution >= 4 is 16.8 Å². The SMILES string of the molecule is CC[C@@H]1CC[C@H](C)N1C(=O)Cn1nnc2ccccc2c1=O. The summed E-state index contributed by atoms with van der Waals surface area (Å²) in [5, 5.41) is 8.41. The zero-order valence-electron chi connectivity index (χ0n) is 12.9. The molecule has 1 fully saturated rings. The topological polar surface area (TPSA) is 68.1 Å². The molecular formula is C16H20N4O2. The minimum Gasteiger partial charge on any atom is -0.335 e. The highest BCUT2D eigenvalue weighted by atomic mass is 16.2. The first-order chi connectivity index (χ1) is 10.6. The van der Waals surface area contributed by atoms with E-state index >= 15 is 0 Å². The van der Waals surface area contributed by atoms with E-state index in [1.54, 1.807) is 18.2 Å². The van der Waals surface area contributed by atoms with Gasteiger partial charge in [-0.05, 0) is 38.3 Å². The van der Waals surface area contributed by atoms with E-state index < -0.39 is 0 Å². The second kappa shape index (κ2) is 5.87. The van der Waals surface area contributed by atoms with Crippen LogP contribution in [0.25, 0.3) is 10.9 Å². The van der Waals surface area contributed by atoms with Crippen molar-refractivity contribution in [2.75, 3.05) is 0 Å². The second-order valence-electron chi connectivity index (χ2n) is 5.86. The predicted octanol–water partition coefficient (Wildman–Crippen LogP) is 1.58. The molecule has 3 rings (SSSR count). The molecule has 1 amide bonds. The maximum Gasteiger partial charge on any atom is 0.278 e. The molecule has 6 nitrogen and oxygen atoms in total. The van der Waals surface area contributed by atoms with Crippen LogP contribution in [0.1, 0.15) is 33.1 Å². The van der Waals surface area contributed by atoms with Crippen molar-refractivity contribution in [3.05, 3.63) is 34.6 Å². The Morgan fingerprint density at radius 1 is 1.32 bits per heavy atom. The van der Waals surface area contributed by atoms with E-state index in [1.807, 2.05) is 11.0 Å². The zero-order chi connectivity index (χ0) is 15.7. The van der Waals surface area contributed by atoms with Crippen LogP contribution in [0, 0.1) is 0 Å². The number of hydrogen-bond acceptors (Lipinski definition) is 4. The Hall–Kier alpha value is -2.24. The van der Waals surface area contributed by atoms with Crippen LogP contribution in [0.3, 0.4) is 0 Å². The van der Waals surface area contributed by atoms with E-state index in [9.17, 15) is 9.59 Å². The molecule has 2 aromatic rings. The largest absolute Gasteiger partial charge is 0.335 e. The number of benzene rings is 1. The standard InChI is InChI=1S/C16H20N4O2/c1-3-12-9-8-11(2)20(12)15(21)10-19-16(22)13-6-4-5-7-14(13)17-18-19/h4-7,11-12H,3,8-10H2,1-2H3/t11-,12+/m0/s1. The average molecular weight is 300 g/mol. The van der Waals surface area contributed by atoms with Crippen molar-refractivity contribution in [2.45, 2.75) is 51.7 Å². The molecule has 2 heterocycles. The van der Waals surface area contributed by atoms with Crippen LogP contribution in [-0.2, 0) is 11.3 Å². The van der Waals surface area contributed by atoms with Gasteiger partial charge in [0.25, 0.3) is 5.56 Å². The molecule has 1 aromatic carbocycles. The van der Waals surface area contributed by atoms with E-state index in [1.165, 1.54) is 4.68 Å². The number of carbonyl (C=O) groups is 1. The molecule has 0 radical (unpaired) electrons. The molecule has 0 spiro atoms. The first kappa shape index (κ1) is 14.7. The normalized spacial score (nSPS) is 21.5. The molecule has 1 aromatic heterocycles. The summed E-state index contributed by atoms with van der Waals surface area (Å²) < 4.78 is 1.17. The molecule has 1 saturated heterocycles. The lowest BCUT2D eigenvalue weighted by molar-refractivity contribution is -0.134. The van der Waals surface area contributed by atoms with Crippen LogP contribution >= 0.6 is 0 Å². The Labute approximate surface area is 128 Å². The second-order valence-corrected chi connectivity index (χ2v) is 5.86. The third-order valence-corrected chi connectivity index (χ3v) is 4.46. The molecule has 0 bridgehead atoms. The number of carbonyl (C=O) groups excluding carboxylic acids is 1. The zero-order valence-corrected chi connectivity index (χ0v) is 12.9. The summed E-state index contributed by atoms with van der Waals surface area (Å²) in [6, 6.07) is 7.54. The van der Waals surface area contributed by atoms with Gasteiger partial charge in [-0.3, -0.25) is 9.59 Å². The molecular weight excluding hydrogens is 280 g/mol. The lowest BCUT2D eigenvalue weighted by Gasteiger charge is -2.28. The quantitative estimate of drug-likeness (QED) is 0.863. The maximum atomic E-state index is 12.6. The molecule has 6 heteroatoms. The van der Waals surface area contributed by atoms with Gasteiger partial charge in [-0.25, -0.2) is 4.68 Å². The third-order valence-electron chi connectivity index (χ3n) is 4.46. The number of fused-ring (bicyclic) bond motifs is 1. The Morgan fingerprint density at radius 3 is 2.86 bits per heavy atom. The van der Waals surface area contributed by atoms with Gasteiger partial charge in [-0.1, -0.05) is 24.3 Å². The van der Waals surface area contributed by atoms with E-state index in [4.69, 9.17) is 0 Å². The summed E-state index contributed by atoms with van der Waals surface area (Å²) in [6.45, 7) is 4.10. The van der Waals surface area contributed by atoms with Crippen LogP contribution in [0.15, 0.2) is 29.1 Å². The number of amides is 1. The molecule has 22 heavy (non-hydrogen) atoms. The maximum absolute atomic E-state index is 12.6.